The molecule has 12 heteroatoms. The van der Waals surface area contributed by atoms with Crippen molar-refractivity contribution in [1.29, 1.82) is 0 Å². The Kier molecular flexibility index (Phi) is 5.64. The monoisotopic (exact) mass is 423 g/mol. The fourth-order valence-electron chi connectivity index (χ4n) is 3.00. The van der Waals surface area contributed by atoms with Crippen LogP contribution in [0.5, 0.6) is 5.75 Å². The van der Waals surface area contributed by atoms with Crippen LogP contribution in [0.2, 0.25) is 0 Å². The largest absolute Gasteiger partial charge is 0.506 e. The van der Waals surface area contributed by atoms with Crippen molar-refractivity contribution in [3.05, 3.63) is 40.0 Å². The normalized spacial score (nSPS) is 20.6. The number of fused-ring (bicyclic) bond motifs is 1. The number of nitrogens with one attached hydrogen (secondary N) is 1. The average molecular weight is 423 g/mol. The summed E-state index contributed by atoms with van der Waals surface area (Å²) in [6.45, 7) is 0.545. The summed E-state index contributed by atoms with van der Waals surface area (Å²) < 4.78 is 5.83. The molecule has 0 aromatic carbocycles. The molecule has 2 atom stereocenters. The summed E-state index contributed by atoms with van der Waals surface area (Å²) in [5.74, 6) is -3.14. The maximum Gasteiger partial charge on any atom is 0.352 e. The van der Waals surface area contributed by atoms with Crippen LogP contribution < -0.4 is 10.9 Å². The van der Waals surface area contributed by atoms with Gasteiger partial charge in [-0.2, -0.15) is 0 Å². The highest BCUT2D eigenvalue weighted by atomic mass is 32.2. The Hall–Kier alpha value is -3.28. The molecule has 3 N–H and O–H groups in total. The number of carbonyl (C=O) groups is 4. The number of thioether (sulfide) groups is 1. The van der Waals surface area contributed by atoms with Crippen LogP contribution >= 0.6 is 11.8 Å². The fourth-order valence-corrected chi connectivity index (χ4v) is 4.33. The van der Waals surface area contributed by atoms with Crippen molar-refractivity contribution in [3.63, 3.8) is 0 Å². The number of aromatic hydroxyl groups is 1. The zero-order chi connectivity index (χ0) is 21.3. The molecule has 11 nitrogen and oxygen atoms in total. The van der Waals surface area contributed by atoms with E-state index in [0.717, 1.165) is 21.7 Å². The van der Waals surface area contributed by atoms with Crippen molar-refractivity contribution in [3.8, 4) is 5.75 Å². The zero-order valence-corrected chi connectivity index (χ0v) is 16.0. The first-order chi connectivity index (χ1) is 13.7. The van der Waals surface area contributed by atoms with Gasteiger partial charge in [-0.3, -0.25) is 24.1 Å². The van der Waals surface area contributed by atoms with E-state index in [2.05, 4.69) is 5.32 Å². The lowest BCUT2D eigenvalue weighted by molar-refractivity contribution is -0.151. The predicted molar refractivity (Wildman–Crippen MR) is 98.7 cm³/mol. The molecule has 3 rings (SSSR count). The molecule has 1 aromatic heterocycles. The van der Waals surface area contributed by atoms with E-state index in [1.54, 1.807) is 0 Å². The number of rotatable bonds is 6. The first-order valence-corrected chi connectivity index (χ1v) is 9.46. The van der Waals surface area contributed by atoms with Crippen LogP contribution in [-0.2, 0) is 30.5 Å². The van der Waals surface area contributed by atoms with Gasteiger partial charge in [0.25, 0.3) is 11.5 Å². The van der Waals surface area contributed by atoms with Crippen molar-refractivity contribution >= 4 is 35.5 Å². The number of carboxylic acids is 1. The molecule has 2 aliphatic rings. The van der Waals surface area contributed by atoms with Crippen LogP contribution in [0.1, 0.15) is 6.92 Å². The van der Waals surface area contributed by atoms with Crippen molar-refractivity contribution in [2.24, 2.45) is 0 Å². The van der Waals surface area contributed by atoms with Crippen LogP contribution in [0.15, 0.2) is 34.4 Å². The van der Waals surface area contributed by atoms with Crippen molar-refractivity contribution in [2.45, 2.75) is 24.9 Å². The lowest BCUT2D eigenvalue weighted by Gasteiger charge is -2.49. The predicted octanol–water partition coefficient (Wildman–Crippen LogP) is -1.14. The Morgan fingerprint density at radius 2 is 2.03 bits per heavy atom. The van der Waals surface area contributed by atoms with Gasteiger partial charge < -0.3 is 24.8 Å². The number of hydrogen-bond donors (Lipinski definition) is 3. The van der Waals surface area contributed by atoms with Crippen LogP contribution in [0.4, 0.5) is 0 Å². The number of β-lactam (4-membered cyclic amide) rings is 1. The summed E-state index contributed by atoms with van der Waals surface area (Å²) in [5, 5.41) is 20.8. The second-order valence-electron chi connectivity index (χ2n) is 6.35. The zero-order valence-electron chi connectivity index (χ0n) is 15.2. The van der Waals surface area contributed by atoms with Crippen molar-refractivity contribution in [1.82, 2.24) is 14.8 Å². The molecule has 0 aliphatic carbocycles. The topological polar surface area (TPSA) is 155 Å². The Balaban J connectivity index is 1.71. The molecule has 0 radical (unpaired) electrons. The third-order valence-electron chi connectivity index (χ3n) is 4.30. The molecule has 0 spiro atoms. The Bertz CT molecular complexity index is 985. The smallest absolute Gasteiger partial charge is 0.352 e. The number of ether oxygens (including phenoxy) is 1. The molecule has 0 bridgehead atoms. The molecule has 154 valence electrons. The number of carbonyl (C=O) groups excluding carboxylic acids is 3. The summed E-state index contributed by atoms with van der Waals surface area (Å²) in [6.07, 6.45) is 1.10. The lowest BCUT2D eigenvalue weighted by Crippen LogP contribution is -2.70. The van der Waals surface area contributed by atoms with Gasteiger partial charge in [0.05, 0.1) is 0 Å². The molecule has 1 aromatic rings. The Morgan fingerprint density at radius 3 is 2.69 bits per heavy atom. The van der Waals surface area contributed by atoms with E-state index in [1.807, 2.05) is 0 Å². The maximum atomic E-state index is 12.5. The highest BCUT2D eigenvalue weighted by Crippen LogP contribution is 2.40. The molecule has 29 heavy (non-hydrogen) atoms. The van der Waals surface area contributed by atoms with Crippen molar-refractivity contribution < 1.29 is 34.1 Å². The van der Waals surface area contributed by atoms with Gasteiger partial charge >= 0.3 is 11.9 Å². The Morgan fingerprint density at radius 1 is 1.31 bits per heavy atom. The van der Waals surface area contributed by atoms with Gasteiger partial charge in [0.1, 0.15) is 36.0 Å². The first-order valence-electron chi connectivity index (χ1n) is 8.41. The molecule has 1 fully saturated rings. The SMILES string of the molecule is CC(=O)OCC1=C(C(=O)O)N2C(=O)[C@@H](NC(=O)Cn3cc(O)ccc3=O)[C@H]2SC1. The maximum absolute atomic E-state index is 12.5. The molecule has 1 saturated heterocycles. The molecule has 2 amide bonds. The van der Waals surface area contributed by atoms with Gasteiger partial charge in [-0.05, 0) is 6.07 Å². The van der Waals surface area contributed by atoms with Gasteiger partial charge in [-0.1, -0.05) is 0 Å². The standard InChI is InChI=1S/C17H17N3O8S/c1-8(21)28-6-9-7-29-16-13(15(25)20(16)14(9)17(26)27)18-11(23)5-19-4-10(22)2-3-12(19)24/h2-4,13,16,22H,5-7H2,1H3,(H,18,23)(H,26,27)/t13-,16-/m1/s1. The number of pyridine rings is 1. The van der Waals surface area contributed by atoms with E-state index in [9.17, 15) is 34.2 Å². The number of aromatic nitrogens is 1. The minimum absolute atomic E-state index is 0.192. The number of nitrogens with zero attached hydrogens (tertiary/aromatic N) is 2. The minimum atomic E-state index is -1.33. The first kappa shape index (κ1) is 20.5. The van der Waals surface area contributed by atoms with Gasteiger partial charge in [-0.25, -0.2) is 4.79 Å². The number of amides is 2. The van der Waals surface area contributed by atoms with E-state index in [1.165, 1.54) is 24.8 Å². The molecule has 2 aliphatic heterocycles. The fraction of sp³-hybridized carbons (Fsp3) is 0.353. The van der Waals surface area contributed by atoms with E-state index < -0.39 is 47.3 Å². The van der Waals surface area contributed by atoms with E-state index in [-0.39, 0.29) is 23.8 Å². The molecule has 0 unspecified atom stereocenters. The number of carboxylic acid groups (broad SMARTS) is 1. The summed E-state index contributed by atoms with van der Waals surface area (Å²) in [4.78, 5) is 60.1. The lowest BCUT2D eigenvalue weighted by atomic mass is 10.0. The second kappa shape index (κ2) is 7.99. The molecule has 3 heterocycles. The summed E-state index contributed by atoms with van der Waals surface area (Å²) in [5.41, 5.74) is -0.467. The van der Waals surface area contributed by atoms with Gasteiger partial charge in [0.15, 0.2) is 0 Å². The molecular formula is C17H17N3O8S. The third-order valence-corrected chi connectivity index (χ3v) is 5.64. The number of esters is 1. The van der Waals surface area contributed by atoms with Crippen LogP contribution in [0, 0.1) is 0 Å². The van der Waals surface area contributed by atoms with Crippen LogP contribution in [-0.4, -0.2) is 67.2 Å². The summed E-state index contributed by atoms with van der Waals surface area (Å²) in [6, 6.07) is 1.34. The van der Waals surface area contributed by atoms with Gasteiger partial charge in [0.2, 0.25) is 5.91 Å². The van der Waals surface area contributed by atoms with Crippen molar-refractivity contribution in [2.75, 3.05) is 12.4 Å². The van der Waals surface area contributed by atoms with Crippen LogP contribution in [0.25, 0.3) is 0 Å². The van der Waals surface area contributed by atoms with E-state index in [4.69, 9.17) is 4.74 Å². The highest BCUT2D eigenvalue weighted by Gasteiger charge is 2.54. The average Bonchev–Trinajstić information content (AvgIpc) is 2.66. The molecular weight excluding hydrogens is 406 g/mol. The minimum Gasteiger partial charge on any atom is -0.506 e. The summed E-state index contributed by atoms with van der Waals surface area (Å²) >= 11 is 1.23. The van der Waals surface area contributed by atoms with Gasteiger partial charge in [0, 0.05) is 30.5 Å². The van der Waals surface area contributed by atoms with Crippen LogP contribution in [0.3, 0.4) is 0 Å². The highest BCUT2D eigenvalue weighted by molar-refractivity contribution is 8.00. The van der Waals surface area contributed by atoms with E-state index >= 15 is 0 Å². The number of hydrogen-bond acceptors (Lipinski definition) is 8. The number of aliphatic carboxylic acids is 1. The quantitative estimate of drug-likeness (QED) is 0.380. The third kappa shape index (κ3) is 4.11. The summed E-state index contributed by atoms with van der Waals surface area (Å²) in [7, 11) is 0. The van der Waals surface area contributed by atoms with Gasteiger partial charge in [-0.15, -0.1) is 11.8 Å². The van der Waals surface area contributed by atoms with E-state index in [0.29, 0.717) is 5.57 Å². The second-order valence-corrected chi connectivity index (χ2v) is 7.45. The molecule has 0 saturated carbocycles. The Labute approximate surface area is 167 Å².